The van der Waals surface area contributed by atoms with Crippen LogP contribution in [0.5, 0.6) is 0 Å². The minimum atomic E-state index is -0.179. The van der Waals surface area contributed by atoms with Crippen molar-refractivity contribution in [3.63, 3.8) is 0 Å². The van der Waals surface area contributed by atoms with Crippen LogP contribution in [0.1, 0.15) is 19.8 Å². The highest BCUT2D eigenvalue weighted by atomic mass is 79.9. The monoisotopic (exact) mass is 382 g/mol. The molecule has 118 valence electrons. The van der Waals surface area contributed by atoms with Crippen LogP contribution in [-0.2, 0) is 4.74 Å². The average molecular weight is 383 g/mol. The number of nitrogens with one attached hydrogen (secondary N) is 1. The quantitative estimate of drug-likeness (QED) is 0.840. The number of benzene rings is 1. The van der Waals surface area contributed by atoms with E-state index in [4.69, 9.17) is 4.74 Å². The van der Waals surface area contributed by atoms with Gasteiger partial charge >= 0.3 is 6.09 Å². The minimum absolute atomic E-state index is 0.179. The van der Waals surface area contributed by atoms with Crippen molar-refractivity contribution in [1.82, 2.24) is 9.88 Å². The Bertz CT molecular complexity index is 665. The van der Waals surface area contributed by atoms with E-state index in [1.807, 2.05) is 29.7 Å². The third-order valence-corrected chi connectivity index (χ3v) is 5.76. The van der Waals surface area contributed by atoms with Gasteiger partial charge in [-0.3, -0.25) is 0 Å². The second-order valence-corrected chi connectivity index (χ2v) is 7.60. The number of thioether (sulfide) groups is 1. The number of halogens is 1. The van der Waals surface area contributed by atoms with Crippen molar-refractivity contribution in [3.8, 4) is 0 Å². The molecule has 1 amide bonds. The summed E-state index contributed by atoms with van der Waals surface area (Å²) in [5.41, 5.74) is 1.16. The molecule has 1 saturated heterocycles. The number of ether oxygens (including phenoxy) is 1. The van der Waals surface area contributed by atoms with Gasteiger partial charge in [0.25, 0.3) is 0 Å². The molecule has 1 aromatic heterocycles. The van der Waals surface area contributed by atoms with Crippen LogP contribution in [0, 0.1) is 0 Å². The van der Waals surface area contributed by atoms with E-state index in [9.17, 15) is 4.79 Å². The highest BCUT2D eigenvalue weighted by Gasteiger charge is 2.24. The van der Waals surface area contributed by atoms with Crippen molar-refractivity contribution in [1.29, 1.82) is 0 Å². The molecule has 2 heterocycles. The number of likely N-dealkylation sites (tertiary alicyclic amines) is 1. The predicted octanol–water partition coefficient (Wildman–Crippen LogP) is 4.64. The Balaban J connectivity index is 1.62. The van der Waals surface area contributed by atoms with Gasteiger partial charge in [0, 0.05) is 44.8 Å². The molecule has 3 rings (SSSR count). The van der Waals surface area contributed by atoms with Gasteiger partial charge in [0.15, 0.2) is 0 Å². The molecule has 1 N–H and O–H groups in total. The maximum absolute atomic E-state index is 11.7. The van der Waals surface area contributed by atoms with E-state index in [1.165, 1.54) is 10.3 Å². The first-order chi connectivity index (χ1) is 10.7. The first-order valence-electron chi connectivity index (χ1n) is 7.52. The molecule has 4 nitrogen and oxygen atoms in total. The number of nitrogens with zero attached hydrogens (tertiary/aromatic N) is 1. The van der Waals surface area contributed by atoms with E-state index in [2.05, 4.69) is 39.2 Å². The number of carbonyl (C=O) groups is 1. The van der Waals surface area contributed by atoms with Crippen LogP contribution in [0.4, 0.5) is 4.79 Å². The molecule has 0 radical (unpaired) electrons. The van der Waals surface area contributed by atoms with Crippen LogP contribution in [0.2, 0.25) is 0 Å². The number of carbonyl (C=O) groups excluding carboxylic acids is 1. The van der Waals surface area contributed by atoms with Gasteiger partial charge in [-0.1, -0.05) is 15.9 Å². The average Bonchev–Trinajstić information content (AvgIpc) is 2.90. The summed E-state index contributed by atoms with van der Waals surface area (Å²) in [6.45, 7) is 3.85. The molecular formula is C16H19BrN2O2S. The first-order valence-corrected chi connectivity index (χ1v) is 9.19. The van der Waals surface area contributed by atoms with Gasteiger partial charge in [-0.15, -0.1) is 11.8 Å². The lowest BCUT2D eigenvalue weighted by Gasteiger charge is -2.30. The number of rotatable bonds is 3. The summed E-state index contributed by atoms with van der Waals surface area (Å²) in [6, 6.07) is 6.29. The van der Waals surface area contributed by atoms with Crippen molar-refractivity contribution in [3.05, 3.63) is 28.9 Å². The largest absolute Gasteiger partial charge is 0.450 e. The van der Waals surface area contributed by atoms with Crippen molar-refractivity contribution in [2.24, 2.45) is 0 Å². The van der Waals surface area contributed by atoms with Crippen LogP contribution < -0.4 is 0 Å². The Morgan fingerprint density at radius 1 is 1.45 bits per heavy atom. The fraction of sp³-hybridized carbons (Fsp3) is 0.438. The summed E-state index contributed by atoms with van der Waals surface area (Å²) in [4.78, 5) is 18.1. The van der Waals surface area contributed by atoms with Gasteiger partial charge in [-0.05, 0) is 38.0 Å². The molecule has 1 fully saturated rings. The van der Waals surface area contributed by atoms with Crippen LogP contribution in [0.3, 0.4) is 0 Å². The lowest BCUT2D eigenvalue weighted by Crippen LogP contribution is -2.39. The smallest absolute Gasteiger partial charge is 0.409 e. The molecule has 2 aromatic rings. The normalized spacial score (nSPS) is 16.2. The zero-order valence-corrected chi connectivity index (χ0v) is 14.9. The fourth-order valence-corrected chi connectivity index (χ4v) is 4.30. The number of amides is 1. The number of aromatic amines is 1. The van der Waals surface area contributed by atoms with E-state index in [0.29, 0.717) is 11.9 Å². The zero-order valence-electron chi connectivity index (χ0n) is 12.5. The number of fused-ring (bicyclic) bond motifs is 1. The van der Waals surface area contributed by atoms with Crippen LogP contribution in [0.25, 0.3) is 10.9 Å². The van der Waals surface area contributed by atoms with Crippen molar-refractivity contribution >= 4 is 44.7 Å². The second-order valence-electron chi connectivity index (χ2n) is 5.35. The molecule has 0 bridgehead atoms. The van der Waals surface area contributed by atoms with E-state index in [0.717, 1.165) is 35.9 Å². The maximum Gasteiger partial charge on any atom is 0.409 e. The molecular weight excluding hydrogens is 364 g/mol. The van der Waals surface area contributed by atoms with E-state index in [-0.39, 0.29) is 6.09 Å². The molecule has 22 heavy (non-hydrogen) atoms. The van der Waals surface area contributed by atoms with Gasteiger partial charge in [-0.2, -0.15) is 0 Å². The summed E-state index contributed by atoms with van der Waals surface area (Å²) in [5, 5.41) is 1.80. The lowest BCUT2D eigenvalue weighted by atomic mass is 10.1. The Morgan fingerprint density at radius 2 is 2.23 bits per heavy atom. The highest BCUT2D eigenvalue weighted by Crippen LogP contribution is 2.36. The molecule has 0 atom stereocenters. The lowest BCUT2D eigenvalue weighted by molar-refractivity contribution is 0.100. The number of hydrogen-bond acceptors (Lipinski definition) is 3. The SMILES string of the molecule is CCOC(=O)N1CCC(Sc2c[nH]c3ccc(Br)cc23)CC1. The highest BCUT2D eigenvalue weighted by molar-refractivity contribution is 9.10. The summed E-state index contributed by atoms with van der Waals surface area (Å²) in [5.74, 6) is 0. The van der Waals surface area contributed by atoms with Crippen molar-refractivity contribution in [2.45, 2.75) is 29.9 Å². The van der Waals surface area contributed by atoms with Crippen LogP contribution in [0.15, 0.2) is 33.8 Å². The molecule has 0 saturated carbocycles. The van der Waals surface area contributed by atoms with E-state index in [1.54, 1.807) is 0 Å². The van der Waals surface area contributed by atoms with Gasteiger partial charge in [0.1, 0.15) is 0 Å². The summed E-state index contributed by atoms with van der Waals surface area (Å²) >= 11 is 5.44. The van der Waals surface area contributed by atoms with Crippen LogP contribution >= 0.6 is 27.7 Å². The maximum atomic E-state index is 11.7. The summed E-state index contributed by atoms with van der Waals surface area (Å²) < 4.78 is 6.16. The Morgan fingerprint density at radius 3 is 2.95 bits per heavy atom. The zero-order chi connectivity index (χ0) is 15.5. The Kier molecular flexibility index (Phi) is 4.98. The summed E-state index contributed by atoms with van der Waals surface area (Å²) in [6.07, 6.45) is 3.91. The number of hydrogen-bond donors (Lipinski definition) is 1. The molecule has 6 heteroatoms. The predicted molar refractivity (Wildman–Crippen MR) is 93.5 cm³/mol. The summed E-state index contributed by atoms with van der Waals surface area (Å²) in [7, 11) is 0. The fourth-order valence-electron chi connectivity index (χ4n) is 2.72. The third-order valence-electron chi connectivity index (χ3n) is 3.87. The van der Waals surface area contributed by atoms with Gasteiger partial charge in [0.05, 0.1) is 6.61 Å². The van der Waals surface area contributed by atoms with Gasteiger partial charge in [0.2, 0.25) is 0 Å². The first kappa shape index (κ1) is 15.7. The molecule has 0 unspecified atom stereocenters. The Hall–Kier alpha value is -1.14. The van der Waals surface area contributed by atoms with Gasteiger partial charge in [-0.25, -0.2) is 4.79 Å². The van der Waals surface area contributed by atoms with Crippen LogP contribution in [-0.4, -0.2) is 40.9 Å². The van der Waals surface area contributed by atoms with Crippen molar-refractivity contribution < 1.29 is 9.53 Å². The number of H-pyrrole nitrogens is 1. The van der Waals surface area contributed by atoms with E-state index < -0.39 is 0 Å². The number of piperidine rings is 1. The molecule has 1 aliphatic rings. The topological polar surface area (TPSA) is 45.3 Å². The third kappa shape index (κ3) is 3.43. The molecule has 0 aliphatic carbocycles. The minimum Gasteiger partial charge on any atom is -0.450 e. The van der Waals surface area contributed by atoms with E-state index >= 15 is 0 Å². The van der Waals surface area contributed by atoms with Crippen molar-refractivity contribution in [2.75, 3.05) is 19.7 Å². The Labute approximate surface area is 142 Å². The molecule has 1 aliphatic heterocycles. The standard InChI is InChI=1S/C16H19BrN2O2S/c1-2-21-16(20)19-7-5-12(6-8-19)22-15-10-18-14-4-3-11(17)9-13(14)15/h3-4,9-10,12,18H,2,5-8H2,1H3. The molecule has 1 aromatic carbocycles. The van der Waals surface area contributed by atoms with Gasteiger partial charge < -0.3 is 14.6 Å². The molecule has 0 spiro atoms. The second kappa shape index (κ2) is 6.96. The number of aromatic nitrogens is 1.